The van der Waals surface area contributed by atoms with Crippen molar-refractivity contribution in [2.75, 3.05) is 0 Å². The number of benzene rings is 1. The number of hydrogen-bond donors (Lipinski definition) is 4. The van der Waals surface area contributed by atoms with E-state index in [1.54, 1.807) is 6.92 Å². The highest BCUT2D eigenvalue weighted by atomic mass is 16.5. The lowest BCUT2D eigenvalue weighted by molar-refractivity contribution is 0.0776. The number of carbonyl (C=O) groups is 1. The second kappa shape index (κ2) is 4.94. The van der Waals surface area contributed by atoms with Crippen LogP contribution in [0.2, 0.25) is 0 Å². The first-order chi connectivity index (χ1) is 12.0. The second-order valence-electron chi connectivity index (χ2n) is 8.58. The molecule has 3 aliphatic rings. The number of ether oxygens (including phenoxy) is 1. The molecule has 3 unspecified atom stereocenters. The summed E-state index contributed by atoms with van der Waals surface area (Å²) in [5.74, 6) is -1.69. The van der Waals surface area contributed by atoms with Gasteiger partial charge < -0.3 is 25.2 Å². The van der Waals surface area contributed by atoms with Gasteiger partial charge in [-0.05, 0) is 30.8 Å². The van der Waals surface area contributed by atoms with Gasteiger partial charge in [0, 0.05) is 11.0 Å². The molecule has 0 spiro atoms. The minimum Gasteiger partial charge on any atom is -0.507 e. The summed E-state index contributed by atoms with van der Waals surface area (Å²) in [6.45, 7) is 7.45. The molecule has 4 rings (SSSR count). The van der Waals surface area contributed by atoms with Gasteiger partial charge in [0.05, 0.1) is 11.1 Å². The van der Waals surface area contributed by atoms with Crippen molar-refractivity contribution in [3.8, 4) is 17.2 Å². The Hall–Kier alpha value is -2.21. The molecule has 6 nitrogen and oxygen atoms in total. The molecule has 1 aliphatic heterocycles. The molecule has 26 heavy (non-hydrogen) atoms. The number of aliphatic hydroxyl groups is 2. The third-order valence-electron chi connectivity index (χ3n) is 6.42. The summed E-state index contributed by atoms with van der Waals surface area (Å²) in [6.07, 6.45) is 0.481. The number of fused-ring (bicyclic) bond motifs is 4. The molecule has 1 heterocycles. The molecule has 3 atom stereocenters. The fourth-order valence-corrected chi connectivity index (χ4v) is 5.30. The molecular weight excluding hydrogens is 336 g/mol. The van der Waals surface area contributed by atoms with Crippen LogP contribution in [0.15, 0.2) is 11.3 Å². The van der Waals surface area contributed by atoms with Crippen LogP contribution in [-0.4, -0.2) is 32.3 Å². The summed E-state index contributed by atoms with van der Waals surface area (Å²) >= 11 is 0. The number of phenols is 2. The molecule has 140 valence electrons. The Morgan fingerprint density at radius 3 is 2.38 bits per heavy atom. The minimum absolute atomic E-state index is 0.0111. The average Bonchev–Trinajstić information content (AvgIpc) is 2.83. The van der Waals surface area contributed by atoms with Crippen molar-refractivity contribution in [1.29, 1.82) is 0 Å². The van der Waals surface area contributed by atoms with Crippen LogP contribution < -0.4 is 4.74 Å². The van der Waals surface area contributed by atoms with E-state index in [2.05, 4.69) is 0 Å². The lowest BCUT2D eigenvalue weighted by atomic mass is 9.54. The largest absolute Gasteiger partial charge is 0.507 e. The number of aromatic hydroxyl groups is 2. The standard InChI is InChI=1S/C20H24O6/c1-8-12(21)10-13(22)9-11(15(24)17(10)26-8)20(4)7-5-6-19(2,3)18(20)16(25)14(9)23/h8,12,21-22,24-25H,5-7H2,1-4H3. The van der Waals surface area contributed by atoms with Crippen molar-refractivity contribution in [3.63, 3.8) is 0 Å². The Morgan fingerprint density at radius 1 is 1.08 bits per heavy atom. The molecule has 2 aliphatic carbocycles. The molecule has 4 N–H and O–H groups in total. The summed E-state index contributed by atoms with van der Waals surface area (Å²) in [5, 5.41) is 42.8. The number of ketones is 1. The molecule has 1 aromatic carbocycles. The van der Waals surface area contributed by atoms with Crippen molar-refractivity contribution in [3.05, 3.63) is 28.0 Å². The van der Waals surface area contributed by atoms with Gasteiger partial charge in [0.2, 0.25) is 5.78 Å². The highest BCUT2D eigenvalue weighted by molar-refractivity contribution is 6.13. The van der Waals surface area contributed by atoms with Crippen molar-refractivity contribution < 1.29 is 30.0 Å². The van der Waals surface area contributed by atoms with E-state index in [-0.39, 0.29) is 28.4 Å². The fraction of sp³-hybridized carbons (Fsp3) is 0.550. The van der Waals surface area contributed by atoms with Crippen LogP contribution in [0.3, 0.4) is 0 Å². The number of phenolic OH excluding ortho intramolecular Hbond substituents is 2. The Bertz CT molecular complexity index is 881. The van der Waals surface area contributed by atoms with E-state index in [0.717, 1.165) is 12.8 Å². The maximum atomic E-state index is 13.0. The summed E-state index contributed by atoms with van der Waals surface area (Å²) in [7, 11) is 0. The number of rotatable bonds is 0. The molecule has 0 amide bonds. The molecule has 6 heteroatoms. The van der Waals surface area contributed by atoms with E-state index in [1.165, 1.54) is 0 Å². The number of allylic oxidation sites excluding steroid dienone is 2. The minimum atomic E-state index is -1.16. The summed E-state index contributed by atoms with van der Waals surface area (Å²) in [4.78, 5) is 13.0. The molecule has 0 aromatic heterocycles. The lowest BCUT2D eigenvalue weighted by Crippen LogP contribution is -2.43. The number of hydrogen-bond acceptors (Lipinski definition) is 6. The molecule has 0 radical (unpaired) electrons. The Labute approximate surface area is 151 Å². The van der Waals surface area contributed by atoms with Gasteiger partial charge in [-0.25, -0.2) is 0 Å². The van der Waals surface area contributed by atoms with Gasteiger partial charge in [0.1, 0.15) is 18.0 Å². The maximum absolute atomic E-state index is 13.0. The number of Topliss-reactive ketones (excluding diaryl/α,β-unsaturated/α-hetero) is 1. The monoisotopic (exact) mass is 360 g/mol. The van der Waals surface area contributed by atoms with Crippen LogP contribution in [0.5, 0.6) is 17.2 Å². The van der Waals surface area contributed by atoms with Gasteiger partial charge in [-0.2, -0.15) is 0 Å². The topological polar surface area (TPSA) is 107 Å². The van der Waals surface area contributed by atoms with Crippen LogP contribution in [0, 0.1) is 5.41 Å². The zero-order valence-electron chi connectivity index (χ0n) is 15.4. The summed E-state index contributed by atoms with van der Waals surface area (Å²) in [5.41, 5.74) is -0.447. The smallest absolute Gasteiger partial charge is 0.231 e. The van der Waals surface area contributed by atoms with Crippen LogP contribution in [-0.2, 0) is 5.41 Å². The Balaban J connectivity index is 2.11. The molecule has 1 aromatic rings. The van der Waals surface area contributed by atoms with Crippen LogP contribution >= 0.6 is 0 Å². The Morgan fingerprint density at radius 2 is 1.73 bits per heavy atom. The fourth-order valence-electron chi connectivity index (χ4n) is 5.30. The molecule has 0 bridgehead atoms. The first-order valence-electron chi connectivity index (χ1n) is 8.98. The maximum Gasteiger partial charge on any atom is 0.231 e. The van der Waals surface area contributed by atoms with E-state index in [1.807, 2.05) is 20.8 Å². The van der Waals surface area contributed by atoms with Gasteiger partial charge in [-0.3, -0.25) is 4.79 Å². The van der Waals surface area contributed by atoms with E-state index >= 15 is 0 Å². The Kier molecular flexibility index (Phi) is 3.27. The summed E-state index contributed by atoms with van der Waals surface area (Å²) < 4.78 is 5.59. The average molecular weight is 360 g/mol. The van der Waals surface area contributed by atoms with Gasteiger partial charge in [0.15, 0.2) is 17.3 Å². The van der Waals surface area contributed by atoms with Crippen LogP contribution in [0.4, 0.5) is 0 Å². The second-order valence-corrected chi connectivity index (χ2v) is 8.58. The van der Waals surface area contributed by atoms with Crippen molar-refractivity contribution >= 4 is 5.78 Å². The third-order valence-corrected chi connectivity index (χ3v) is 6.42. The molecular formula is C20H24O6. The molecule has 0 saturated heterocycles. The quantitative estimate of drug-likeness (QED) is 0.528. The van der Waals surface area contributed by atoms with Crippen molar-refractivity contribution in [1.82, 2.24) is 0 Å². The van der Waals surface area contributed by atoms with Crippen molar-refractivity contribution in [2.45, 2.75) is 64.6 Å². The predicted molar refractivity (Wildman–Crippen MR) is 93.8 cm³/mol. The predicted octanol–water partition coefficient (Wildman–Crippen LogP) is 3.39. The van der Waals surface area contributed by atoms with E-state index < -0.39 is 34.6 Å². The van der Waals surface area contributed by atoms with E-state index in [9.17, 15) is 25.2 Å². The SMILES string of the molecule is CC1Oc2c(O)c3c(c(O)c2C1O)C(=O)C(O)=C1C(C)(C)CCCC13C. The van der Waals surface area contributed by atoms with Gasteiger partial charge in [-0.1, -0.05) is 27.2 Å². The molecule has 1 saturated carbocycles. The van der Waals surface area contributed by atoms with E-state index in [0.29, 0.717) is 17.6 Å². The first-order valence-corrected chi connectivity index (χ1v) is 8.98. The van der Waals surface area contributed by atoms with Gasteiger partial charge in [-0.15, -0.1) is 0 Å². The van der Waals surface area contributed by atoms with Crippen LogP contribution in [0.25, 0.3) is 0 Å². The highest BCUT2D eigenvalue weighted by Crippen LogP contribution is 2.62. The third kappa shape index (κ3) is 1.83. The van der Waals surface area contributed by atoms with E-state index in [4.69, 9.17) is 4.74 Å². The zero-order chi connectivity index (χ0) is 19.2. The number of carbonyl (C=O) groups excluding carboxylic acids is 1. The highest BCUT2D eigenvalue weighted by Gasteiger charge is 2.54. The van der Waals surface area contributed by atoms with Gasteiger partial charge >= 0.3 is 0 Å². The summed E-state index contributed by atoms with van der Waals surface area (Å²) in [6, 6.07) is 0. The normalized spacial score (nSPS) is 32.0. The lowest BCUT2D eigenvalue weighted by Gasteiger charge is -2.49. The molecule has 1 fully saturated rings. The van der Waals surface area contributed by atoms with Crippen molar-refractivity contribution in [2.24, 2.45) is 5.41 Å². The van der Waals surface area contributed by atoms with Crippen LogP contribution in [0.1, 0.15) is 74.5 Å². The zero-order valence-corrected chi connectivity index (χ0v) is 15.4. The first kappa shape index (κ1) is 17.2. The van der Waals surface area contributed by atoms with Gasteiger partial charge in [0.25, 0.3) is 0 Å². The number of aliphatic hydroxyl groups excluding tert-OH is 2.